The Balaban J connectivity index is 1.35. The summed E-state index contributed by atoms with van der Waals surface area (Å²) in [5.41, 5.74) is 5.59. The summed E-state index contributed by atoms with van der Waals surface area (Å²) in [7, 11) is 0. The van der Waals surface area contributed by atoms with Crippen LogP contribution in [0.4, 0.5) is 0 Å². The van der Waals surface area contributed by atoms with E-state index in [2.05, 4.69) is 158 Å². The molecule has 0 radical (unpaired) electrons. The molecule has 0 amide bonds. The van der Waals surface area contributed by atoms with Gasteiger partial charge in [-0.25, -0.2) is 0 Å². The fourth-order valence-electron chi connectivity index (χ4n) is 5.20. The Bertz CT molecular complexity index is 2240. The number of nitrogens with zero attached hydrogens (tertiary/aromatic N) is 3. The average molecular weight is 1300 g/mol. The lowest BCUT2D eigenvalue weighted by Crippen LogP contribution is -2.03. The molecule has 7 rings (SSSR count). The topological polar surface area (TPSA) is 66.4 Å². The lowest BCUT2D eigenvalue weighted by molar-refractivity contribution is 0.360. The maximum Gasteiger partial charge on any atom is 0.331 e. The smallest absolute Gasteiger partial charge is 0.331 e. The standard InChI is InChI=1S/C39H18Br9N3O3/c40-28-22(19-10-4-1-5-11-19)16-25(31(43)34(28)46)52-37-49-38(53-26-17-23(20-12-6-2-7-13-20)29(41)35(47)32(26)44)51-39(50-37)54-27-18-24(21-14-8-3-9-15-21)30(42)36(48)33(27)45/h1-18H. The predicted octanol–water partition coefficient (Wildman–Crippen LogP) is 17.1. The van der Waals surface area contributed by atoms with Gasteiger partial charge in [0.05, 0.1) is 26.8 Å². The first-order chi connectivity index (χ1) is 26.0. The average Bonchev–Trinajstić information content (AvgIpc) is 3.19. The number of benzene rings is 6. The van der Waals surface area contributed by atoms with E-state index in [4.69, 9.17) is 14.2 Å². The molecular weight excluding hydrogens is 1280 g/mol. The summed E-state index contributed by atoms with van der Waals surface area (Å²) in [4.78, 5) is 13.8. The van der Waals surface area contributed by atoms with E-state index < -0.39 is 0 Å². The third kappa shape index (κ3) is 8.64. The van der Waals surface area contributed by atoms with E-state index in [9.17, 15) is 0 Å². The molecule has 0 atom stereocenters. The van der Waals surface area contributed by atoms with Crippen LogP contribution in [0, 0.1) is 0 Å². The quantitative estimate of drug-likeness (QED) is 0.134. The Morgan fingerprint density at radius 3 is 0.778 bits per heavy atom. The Hall–Kier alpha value is -1.95. The van der Waals surface area contributed by atoms with Crippen molar-refractivity contribution in [1.82, 2.24) is 15.0 Å². The molecule has 15 heteroatoms. The molecule has 0 unspecified atom stereocenters. The third-order valence-electron chi connectivity index (χ3n) is 7.77. The van der Waals surface area contributed by atoms with E-state index in [0.717, 1.165) is 60.2 Å². The minimum Gasteiger partial charge on any atom is -0.423 e. The van der Waals surface area contributed by atoms with Crippen LogP contribution < -0.4 is 14.2 Å². The van der Waals surface area contributed by atoms with E-state index in [0.29, 0.717) is 30.7 Å². The Morgan fingerprint density at radius 2 is 0.537 bits per heavy atom. The predicted molar refractivity (Wildman–Crippen MR) is 245 cm³/mol. The van der Waals surface area contributed by atoms with Gasteiger partial charge in [-0.1, -0.05) is 91.0 Å². The molecule has 0 N–H and O–H groups in total. The van der Waals surface area contributed by atoms with Crippen LogP contribution in [0.25, 0.3) is 33.4 Å². The second kappa shape index (κ2) is 17.7. The number of hydrogen-bond donors (Lipinski definition) is 0. The first kappa shape index (κ1) is 40.3. The maximum absolute atomic E-state index is 6.42. The van der Waals surface area contributed by atoms with Gasteiger partial charge in [-0.3, -0.25) is 0 Å². The molecule has 0 aliphatic carbocycles. The second-order valence-corrected chi connectivity index (χ2v) is 18.3. The van der Waals surface area contributed by atoms with Crippen LogP contribution in [0.1, 0.15) is 0 Å². The van der Waals surface area contributed by atoms with Crippen molar-refractivity contribution < 1.29 is 14.2 Å². The largest absolute Gasteiger partial charge is 0.423 e. The van der Waals surface area contributed by atoms with Gasteiger partial charge in [-0.2, -0.15) is 0 Å². The molecule has 0 aliphatic heterocycles. The summed E-state index contributed by atoms with van der Waals surface area (Å²) >= 11 is 33.3. The van der Waals surface area contributed by atoms with Gasteiger partial charge in [0.1, 0.15) is 17.2 Å². The fourth-order valence-corrected chi connectivity index (χ4v) is 10.0. The van der Waals surface area contributed by atoms with Crippen LogP contribution in [0.2, 0.25) is 0 Å². The van der Waals surface area contributed by atoms with Crippen LogP contribution >= 0.6 is 143 Å². The molecule has 6 aromatic carbocycles. The fraction of sp³-hybridized carbons (Fsp3) is 0. The Kier molecular flexibility index (Phi) is 13.2. The molecule has 0 saturated carbocycles. The highest BCUT2D eigenvalue weighted by Gasteiger charge is 2.23. The molecular formula is C39H18Br9N3O3. The highest BCUT2D eigenvalue weighted by molar-refractivity contribution is 9.15. The molecule has 1 heterocycles. The second-order valence-electron chi connectivity index (χ2n) is 11.2. The molecule has 0 spiro atoms. The number of aromatic nitrogens is 3. The minimum atomic E-state index is -0.0740. The molecule has 0 fully saturated rings. The summed E-state index contributed by atoms with van der Waals surface area (Å²) in [6, 6.07) is 35.3. The molecule has 7 aromatic rings. The number of ether oxygens (including phenoxy) is 3. The van der Waals surface area contributed by atoms with E-state index >= 15 is 0 Å². The van der Waals surface area contributed by atoms with Crippen LogP contribution in [0.15, 0.2) is 149 Å². The van der Waals surface area contributed by atoms with Crippen LogP contribution in [0.3, 0.4) is 0 Å². The van der Waals surface area contributed by atoms with Crippen molar-refractivity contribution in [3.63, 3.8) is 0 Å². The molecule has 0 saturated heterocycles. The minimum absolute atomic E-state index is 0.0740. The molecule has 0 bridgehead atoms. The van der Waals surface area contributed by atoms with Crippen molar-refractivity contribution in [1.29, 1.82) is 0 Å². The van der Waals surface area contributed by atoms with Crippen molar-refractivity contribution in [3.05, 3.63) is 149 Å². The highest BCUT2D eigenvalue weighted by Crippen LogP contribution is 2.48. The van der Waals surface area contributed by atoms with E-state index in [1.807, 2.05) is 109 Å². The van der Waals surface area contributed by atoms with Crippen molar-refractivity contribution in [2.24, 2.45) is 0 Å². The summed E-state index contributed by atoms with van der Waals surface area (Å²) in [5, 5.41) is 0. The van der Waals surface area contributed by atoms with Gasteiger partial charge in [-0.05, 0) is 178 Å². The van der Waals surface area contributed by atoms with Gasteiger partial charge in [0.25, 0.3) is 0 Å². The number of hydrogen-bond acceptors (Lipinski definition) is 6. The zero-order chi connectivity index (χ0) is 38.1. The molecule has 0 aliphatic rings. The monoisotopic (exact) mass is 1290 g/mol. The van der Waals surface area contributed by atoms with Gasteiger partial charge >= 0.3 is 18.0 Å². The Labute approximate surface area is 386 Å². The molecule has 1 aromatic heterocycles. The third-order valence-corrected chi connectivity index (χ3v) is 18.2. The maximum atomic E-state index is 6.42. The summed E-state index contributed by atoms with van der Waals surface area (Å²) in [5.74, 6) is 1.31. The molecule has 54 heavy (non-hydrogen) atoms. The summed E-state index contributed by atoms with van der Waals surface area (Å²) in [6.07, 6.45) is 0. The highest BCUT2D eigenvalue weighted by atomic mass is 79.9. The van der Waals surface area contributed by atoms with Crippen molar-refractivity contribution >= 4 is 143 Å². The molecule has 270 valence electrons. The molecule has 6 nitrogen and oxygen atoms in total. The van der Waals surface area contributed by atoms with E-state index in [1.165, 1.54) is 0 Å². The normalized spacial score (nSPS) is 11.1. The van der Waals surface area contributed by atoms with Crippen molar-refractivity contribution in [3.8, 4) is 68.7 Å². The van der Waals surface area contributed by atoms with Crippen molar-refractivity contribution in [2.45, 2.75) is 0 Å². The van der Waals surface area contributed by atoms with Gasteiger partial charge < -0.3 is 14.2 Å². The SMILES string of the molecule is Brc1c(Oc2nc(Oc3cc(-c4ccccc4)c(Br)c(Br)c3Br)nc(Oc3cc(-c4ccccc4)c(Br)c(Br)c3Br)n2)cc(-c2ccccc2)c(Br)c1Br. The summed E-state index contributed by atoms with van der Waals surface area (Å²) < 4.78 is 25.9. The van der Waals surface area contributed by atoms with Crippen LogP contribution in [0.5, 0.6) is 35.3 Å². The van der Waals surface area contributed by atoms with Crippen LogP contribution in [-0.4, -0.2) is 15.0 Å². The van der Waals surface area contributed by atoms with E-state index in [1.54, 1.807) is 0 Å². The van der Waals surface area contributed by atoms with E-state index in [-0.39, 0.29) is 18.0 Å². The van der Waals surface area contributed by atoms with Gasteiger partial charge in [0.2, 0.25) is 0 Å². The first-order valence-corrected chi connectivity index (χ1v) is 22.6. The van der Waals surface area contributed by atoms with Crippen molar-refractivity contribution in [2.75, 3.05) is 0 Å². The summed E-state index contributed by atoms with van der Waals surface area (Å²) in [6.45, 7) is 0. The lowest BCUT2D eigenvalue weighted by Gasteiger charge is -2.16. The Morgan fingerprint density at radius 1 is 0.296 bits per heavy atom. The number of halogens is 9. The van der Waals surface area contributed by atoms with Crippen LogP contribution in [-0.2, 0) is 0 Å². The van der Waals surface area contributed by atoms with Gasteiger partial charge in [-0.15, -0.1) is 15.0 Å². The van der Waals surface area contributed by atoms with Gasteiger partial charge in [0, 0.05) is 30.1 Å². The van der Waals surface area contributed by atoms with Gasteiger partial charge in [0.15, 0.2) is 0 Å². The lowest BCUT2D eigenvalue weighted by atomic mass is 10.1. The first-order valence-electron chi connectivity index (χ1n) is 15.5. The zero-order valence-electron chi connectivity index (χ0n) is 26.9. The zero-order valence-corrected chi connectivity index (χ0v) is 41.1. The number of rotatable bonds is 9.